The van der Waals surface area contributed by atoms with Gasteiger partial charge >= 0.3 is 0 Å². The standard InChI is InChI=1S/C13H19N3O2/c1-5-8(2)7-14-13-11(15-17)6-9(3)10(4)12(13)16-18/h6,8,14H,5,7H2,1-4H3. The van der Waals surface area contributed by atoms with E-state index in [-0.39, 0.29) is 11.4 Å². The lowest BCUT2D eigenvalue weighted by Gasteiger charge is -2.15. The Balaban J connectivity index is 3.18. The summed E-state index contributed by atoms with van der Waals surface area (Å²) in [6.07, 6.45) is 1.02. The van der Waals surface area contributed by atoms with E-state index in [4.69, 9.17) is 0 Å². The summed E-state index contributed by atoms with van der Waals surface area (Å²) in [6, 6.07) is 1.68. The van der Waals surface area contributed by atoms with E-state index in [1.165, 1.54) is 0 Å². The van der Waals surface area contributed by atoms with Crippen molar-refractivity contribution in [3.8, 4) is 0 Å². The van der Waals surface area contributed by atoms with E-state index < -0.39 is 0 Å². The molecule has 0 bridgehead atoms. The molecular formula is C13H19N3O2. The van der Waals surface area contributed by atoms with Crippen molar-refractivity contribution in [2.45, 2.75) is 34.1 Å². The van der Waals surface area contributed by atoms with Crippen LogP contribution in [0, 0.1) is 29.6 Å². The Hall–Kier alpha value is -1.78. The predicted octanol–water partition coefficient (Wildman–Crippen LogP) is 4.56. The minimum absolute atomic E-state index is 0.246. The van der Waals surface area contributed by atoms with E-state index in [0.717, 1.165) is 17.5 Å². The maximum atomic E-state index is 10.9. The monoisotopic (exact) mass is 249 g/mol. The van der Waals surface area contributed by atoms with Crippen LogP contribution in [0.3, 0.4) is 0 Å². The molecule has 1 aromatic rings. The molecule has 0 aliphatic heterocycles. The molecule has 1 N–H and O–H groups in total. The Bertz CT molecular complexity index is 458. The summed E-state index contributed by atoms with van der Waals surface area (Å²) in [4.78, 5) is 21.8. The number of nitrogens with zero attached hydrogens (tertiary/aromatic N) is 2. The van der Waals surface area contributed by atoms with Gasteiger partial charge in [0.05, 0.1) is 5.69 Å². The Kier molecular flexibility index (Phi) is 4.95. The minimum atomic E-state index is 0.246. The Morgan fingerprint density at radius 2 is 1.94 bits per heavy atom. The van der Waals surface area contributed by atoms with Gasteiger partial charge in [-0.2, -0.15) is 0 Å². The summed E-state index contributed by atoms with van der Waals surface area (Å²) < 4.78 is 0. The van der Waals surface area contributed by atoms with Crippen molar-refractivity contribution in [3.05, 3.63) is 27.0 Å². The van der Waals surface area contributed by atoms with Crippen LogP contribution in [0.2, 0.25) is 0 Å². The van der Waals surface area contributed by atoms with Gasteiger partial charge in [0.15, 0.2) is 0 Å². The molecule has 5 heteroatoms. The van der Waals surface area contributed by atoms with Gasteiger partial charge in [0, 0.05) is 6.54 Å². The van der Waals surface area contributed by atoms with Crippen LogP contribution in [0.15, 0.2) is 16.4 Å². The van der Waals surface area contributed by atoms with Gasteiger partial charge in [0.1, 0.15) is 11.4 Å². The van der Waals surface area contributed by atoms with E-state index in [0.29, 0.717) is 18.2 Å². The van der Waals surface area contributed by atoms with E-state index in [9.17, 15) is 9.81 Å². The first kappa shape index (κ1) is 14.3. The first-order chi connectivity index (χ1) is 8.54. The summed E-state index contributed by atoms with van der Waals surface area (Å²) in [5.74, 6) is 0.450. The highest BCUT2D eigenvalue weighted by Gasteiger charge is 2.15. The number of hydrogen-bond donors (Lipinski definition) is 1. The minimum Gasteiger partial charge on any atom is -0.381 e. The molecule has 0 saturated carbocycles. The molecule has 0 heterocycles. The molecule has 98 valence electrons. The first-order valence-electron chi connectivity index (χ1n) is 6.09. The molecular weight excluding hydrogens is 230 g/mol. The van der Waals surface area contributed by atoms with Crippen molar-refractivity contribution >= 4 is 17.1 Å². The summed E-state index contributed by atoms with van der Waals surface area (Å²) in [5.41, 5.74) is 2.60. The number of nitroso groups, excluding NO2 is 2. The van der Waals surface area contributed by atoms with Crippen molar-refractivity contribution in [2.24, 2.45) is 16.3 Å². The molecule has 1 atom stereocenters. The summed E-state index contributed by atoms with van der Waals surface area (Å²) in [7, 11) is 0. The summed E-state index contributed by atoms with van der Waals surface area (Å²) in [6.45, 7) is 8.51. The third kappa shape index (κ3) is 2.91. The lowest BCUT2D eigenvalue weighted by Crippen LogP contribution is -2.10. The maximum absolute atomic E-state index is 10.9. The average Bonchev–Trinajstić information content (AvgIpc) is 2.38. The second-order valence-electron chi connectivity index (χ2n) is 4.64. The first-order valence-corrected chi connectivity index (χ1v) is 6.09. The van der Waals surface area contributed by atoms with Crippen molar-refractivity contribution < 1.29 is 0 Å². The Morgan fingerprint density at radius 3 is 2.44 bits per heavy atom. The number of hydrogen-bond acceptors (Lipinski definition) is 5. The van der Waals surface area contributed by atoms with Gasteiger partial charge in [-0.25, -0.2) is 0 Å². The fourth-order valence-corrected chi connectivity index (χ4v) is 1.66. The highest BCUT2D eigenvalue weighted by Crippen LogP contribution is 2.39. The summed E-state index contributed by atoms with van der Waals surface area (Å²) >= 11 is 0. The molecule has 5 nitrogen and oxygen atoms in total. The van der Waals surface area contributed by atoms with Crippen molar-refractivity contribution in [2.75, 3.05) is 11.9 Å². The molecule has 0 aliphatic rings. The Labute approximate surface area is 107 Å². The van der Waals surface area contributed by atoms with Crippen LogP contribution in [0.25, 0.3) is 0 Å². The Morgan fingerprint density at radius 1 is 1.28 bits per heavy atom. The zero-order valence-corrected chi connectivity index (χ0v) is 11.3. The smallest absolute Gasteiger partial charge is 0.136 e. The van der Waals surface area contributed by atoms with Crippen LogP contribution in [-0.2, 0) is 0 Å². The van der Waals surface area contributed by atoms with E-state index in [1.807, 2.05) is 13.8 Å². The summed E-state index contributed by atoms with van der Waals surface area (Å²) in [5, 5.41) is 9.12. The largest absolute Gasteiger partial charge is 0.381 e. The predicted molar refractivity (Wildman–Crippen MR) is 74.8 cm³/mol. The van der Waals surface area contributed by atoms with Crippen LogP contribution >= 0.6 is 0 Å². The van der Waals surface area contributed by atoms with E-state index in [1.54, 1.807) is 6.07 Å². The van der Waals surface area contributed by atoms with Gasteiger partial charge in [0.25, 0.3) is 0 Å². The fraction of sp³-hybridized carbons (Fsp3) is 0.538. The van der Waals surface area contributed by atoms with Crippen LogP contribution in [-0.4, -0.2) is 6.54 Å². The zero-order chi connectivity index (χ0) is 13.7. The molecule has 0 radical (unpaired) electrons. The fourth-order valence-electron chi connectivity index (χ4n) is 1.66. The van der Waals surface area contributed by atoms with Crippen molar-refractivity contribution in [3.63, 3.8) is 0 Å². The van der Waals surface area contributed by atoms with Gasteiger partial charge < -0.3 is 5.32 Å². The molecule has 0 aromatic heterocycles. The van der Waals surface area contributed by atoms with Gasteiger partial charge in [-0.1, -0.05) is 20.3 Å². The number of anilines is 1. The molecule has 0 spiro atoms. The molecule has 1 unspecified atom stereocenters. The highest BCUT2D eigenvalue weighted by atomic mass is 16.3. The van der Waals surface area contributed by atoms with Crippen LogP contribution in [0.5, 0.6) is 0 Å². The molecule has 1 aromatic carbocycles. The van der Waals surface area contributed by atoms with Gasteiger partial charge in [0.2, 0.25) is 0 Å². The normalized spacial score (nSPS) is 12.0. The quantitative estimate of drug-likeness (QED) is 0.751. The highest BCUT2D eigenvalue weighted by molar-refractivity contribution is 5.82. The molecule has 0 amide bonds. The zero-order valence-electron chi connectivity index (χ0n) is 11.3. The lowest BCUT2D eigenvalue weighted by atomic mass is 10.0. The van der Waals surface area contributed by atoms with Gasteiger partial charge in [-0.3, -0.25) is 0 Å². The molecule has 0 aliphatic carbocycles. The van der Waals surface area contributed by atoms with Crippen LogP contribution in [0.1, 0.15) is 31.4 Å². The molecule has 18 heavy (non-hydrogen) atoms. The molecule has 0 fully saturated rings. The van der Waals surface area contributed by atoms with Crippen molar-refractivity contribution in [1.29, 1.82) is 0 Å². The third-order valence-corrected chi connectivity index (χ3v) is 3.31. The number of aryl methyl sites for hydroxylation is 1. The van der Waals surface area contributed by atoms with Crippen LogP contribution < -0.4 is 5.32 Å². The van der Waals surface area contributed by atoms with Gasteiger partial charge in [-0.05, 0) is 47.3 Å². The number of benzene rings is 1. The van der Waals surface area contributed by atoms with E-state index in [2.05, 4.69) is 29.5 Å². The van der Waals surface area contributed by atoms with E-state index >= 15 is 0 Å². The maximum Gasteiger partial charge on any atom is 0.136 e. The third-order valence-electron chi connectivity index (χ3n) is 3.31. The number of rotatable bonds is 6. The second-order valence-corrected chi connectivity index (χ2v) is 4.64. The average molecular weight is 249 g/mol. The number of nitrogens with one attached hydrogen (secondary N) is 1. The lowest BCUT2D eigenvalue weighted by molar-refractivity contribution is 0.593. The second kappa shape index (κ2) is 6.23. The SMILES string of the molecule is CCC(C)CNc1c(N=O)cc(C)c(C)c1N=O. The van der Waals surface area contributed by atoms with Crippen LogP contribution in [0.4, 0.5) is 17.1 Å². The molecule has 1 rings (SSSR count). The van der Waals surface area contributed by atoms with Gasteiger partial charge in [-0.15, -0.1) is 9.81 Å². The van der Waals surface area contributed by atoms with Crippen molar-refractivity contribution in [1.82, 2.24) is 0 Å². The topological polar surface area (TPSA) is 70.9 Å². The molecule has 0 saturated heterocycles.